The molecule has 1 aromatic rings. The number of ether oxygens (including phenoxy) is 1. The number of phosphoric acid groups is 1. The van der Waals surface area contributed by atoms with Crippen LogP contribution in [0.5, 0.6) is 11.5 Å². The van der Waals surface area contributed by atoms with Crippen molar-refractivity contribution in [3.63, 3.8) is 0 Å². The number of piperidine rings is 1. The lowest BCUT2D eigenvalue weighted by molar-refractivity contribution is -0.137. The number of phenolic OH excluding ortho intramolecular Hbond substituents is 1. The topological polar surface area (TPSA) is 155 Å². The number of hydrogen-bond donors (Lipinski definition) is 3. The number of allylic oxidation sites excluding steroid dienone is 3. The van der Waals surface area contributed by atoms with Crippen molar-refractivity contribution >= 4 is 25.4 Å². The maximum Gasteiger partial charge on any atom is 0.524 e. The molecule has 11 nitrogen and oxygen atoms in total. The fourth-order valence-corrected chi connectivity index (χ4v) is 4.53. The Morgan fingerprint density at radius 1 is 1.16 bits per heavy atom. The van der Waals surface area contributed by atoms with Gasteiger partial charge in [-0.1, -0.05) is 22.9 Å². The van der Waals surface area contributed by atoms with E-state index in [2.05, 4.69) is 5.16 Å². The number of phenols is 1. The van der Waals surface area contributed by atoms with Crippen molar-refractivity contribution in [3.8, 4) is 11.5 Å². The molecule has 0 radical (unpaired) electrons. The highest BCUT2D eigenvalue weighted by atomic mass is 31.2. The van der Waals surface area contributed by atoms with Crippen LogP contribution in [0, 0.1) is 0 Å². The first-order valence-electron chi connectivity index (χ1n) is 12.2. The Labute approximate surface area is 215 Å². The van der Waals surface area contributed by atoms with Crippen molar-refractivity contribution in [1.29, 1.82) is 0 Å². The van der Waals surface area contributed by atoms with E-state index in [0.29, 0.717) is 25.2 Å². The van der Waals surface area contributed by atoms with Gasteiger partial charge in [-0.3, -0.25) is 14.6 Å². The third kappa shape index (κ3) is 9.35. The number of oxime groups is 1. The van der Waals surface area contributed by atoms with Crippen LogP contribution < -0.4 is 4.52 Å². The zero-order valence-electron chi connectivity index (χ0n) is 20.8. The summed E-state index contributed by atoms with van der Waals surface area (Å²) in [4.78, 5) is 51.2. The lowest BCUT2D eigenvalue weighted by Crippen LogP contribution is -2.37. The van der Waals surface area contributed by atoms with Crippen LogP contribution in [-0.4, -0.2) is 63.7 Å². The first-order valence-corrected chi connectivity index (χ1v) is 13.7. The summed E-state index contributed by atoms with van der Waals surface area (Å²) in [5.74, 6) is -1.93. The predicted octanol–water partition coefficient (Wildman–Crippen LogP) is 3.63. The van der Waals surface area contributed by atoms with Crippen LogP contribution in [0.15, 0.2) is 41.1 Å². The summed E-state index contributed by atoms with van der Waals surface area (Å²) in [7, 11) is -5.06. The number of phosphoric ester groups is 1. The molecule has 0 aromatic heterocycles. The third-order valence-corrected chi connectivity index (χ3v) is 6.28. The van der Waals surface area contributed by atoms with Gasteiger partial charge in [-0.2, -0.15) is 0 Å². The molecule has 3 N–H and O–H groups in total. The van der Waals surface area contributed by atoms with Crippen molar-refractivity contribution in [2.45, 2.75) is 51.9 Å². The molecule has 2 heterocycles. The van der Waals surface area contributed by atoms with Crippen LogP contribution in [0.4, 0.5) is 0 Å². The lowest BCUT2D eigenvalue weighted by atomic mass is 9.98. The first kappa shape index (κ1) is 28.4. The Morgan fingerprint density at radius 3 is 2.62 bits per heavy atom. The number of aromatic hydroxyl groups is 1. The van der Waals surface area contributed by atoms with E-state index in [1.165, 1.54) is 6.07 Å². The smallest absolute Gasteiger partial charge is 0.508 e. The zero-order valence-corrected chi connectivity index (χ0v) is 21.7. The molecule has 1 saturated heterocycles. The van der Waals surface area contributed by atoms with Crippen LogP contribution >= 0.6 is 7.82 Å². The Hall–Kier alpha value is -3.14. The quantitative estimate of drug-likeness (QED) is 0.221. The van der Waals surface area contributed by atoms with Crippen molar-refractivity contribution in [3.05, 3.63) is 47.1 Å². The van der Waals surface area contributed by atoms with Gasteiger partial charge in [0.05, 0.1) is 12.3 Å². The maximum absolute atomic E-state index is 12.9. The van der Waals surface area contributed by atoms with E-state index in [-0.39, 0.29) is 42.4 Å². The van der Waals surface area contributed by atoms with Gasteiger partial charge in [-0.25, -0.2) is 9.36 Å². The van der Waals surface area contributed by atoms with Crippen molar-refractivity contribution in [2.75, 3.05) is 26.3 Å². The van der Waals surface area contributed by atoms with Gasteiger partial charge in [0.15, 0.2) is 6.61 Å². The second-order valence-corrected chi connectivity index (χ2v) is 10.1. The number of benzene rings is 1. The summed E-state index contributed by atoms with van der Waals surface area (Å²) in [5.41, 5.74) is 1.22. The molecule has 0 atom stereocenters. The molecule has 3 rings (SSSR count). The van der Waals surface area contributed by atoms with Gasteiger partial charge < -0.3 is 24.1 Å². The molecule has 12 heteroatoms. The van der Waals surface area contributed by atoms with Gasteiger partial charge in [0.25, 0.3) is 5.91 Å². The molecule has 2 aliphatic rings. The Morgan fingerprint density at radius 2 is 1.89 bits per heavy atom. The van der Waals surface area contributed by atoms with Crippen LogP contribution in [-0.2, 0) is 25.4 Å². The molecule has 0 spiro atoms. The summed E-state index contributed by atoms with van der Waals surface area (Å²) < 4.78 is 21.6. The average Bonchev–Trinajstić information content (AvgIpc) is 2.82. The Bertz CT molecular complexity index is 1120. The van der Waals surface area contributed by atoms with E-state index in [4.69, 9.17) is 14.1 Å². The molecule has 1 aromatic carbocycles. The van der Waals surface area contributed by atoms with Gasteiger partial charge in [0, 0.05) is 25.6 Å². The molecule has 1 fully saturated rings. The summed E-state index contributed by atoms with van der Waals surface area (Å²) in [5, 5.41) is 14.4. The van der Waals surface area contributed by atoms with Crippen LogP contribution in [0.25, 0.3) is 0 Å². The highest BCUT2D eigenvalue weighted by molar-refractivity contribution is 7.46. The van der Waals surface area contributed by atoms with Gasteiger partial charge in [0.2, 0.25) is 0 Å². The number of carbonyl (C=O) groups excluding carboxylic acids is 2. The van der Waals surface area contributed by atoms with Crippen LogP contribution in [0.2, 0.25) is 0 Å². The average molecular weight is 537 g/mol. The van der Waals surface area contributed by atoms with E-state index in [1.807, 2.05) is 19.1 Å². The van der Waals surface area contributed by atoms with E-state index < -0.39 is 19.5 Å². The van der Waals surface area contributed by atoms with Crippen LogP contribution in [0.1, 0.15) is 61.4 Å². The first-order chi connectivity index (χ1) is 17.6. The molecule has 0 unspecified atom stereocenters. The molecule has 0 aliphatic carbocycles. The summed E-state index contributed by atoms with van der Waals surface area (Å²) in [6.07, 6.45) is 10.5. The minimum absolute atomic E-state index is 0.0441. The molecule has 0 saturated carbocycles. The summed E-state index contributed by atoms with van der Waals surface area (Å²) in [6, 6.07) is 2.21. The number of amides is 1. The molecular formula is C25H33N2O9P. The minimum atomic E-state index is -5.06. The number of hydrogen-bond acceptors (Lipinski definition) is 8. The maximum atomic E-state index is 12.9. The van der Waals surface area contributed by atoms with Gasteiger partial charge in [0.1, 0.15) is 17.1 Å². The van der Waals surface area contributed by atoms with E-state index in [0.717, 1.165) is 43.7 Å². The number of rotatable bonds is 5. The fourth-order valence-electron chi connectivity index (χ4n) is 4.13. The van der Waals surface area contributed by atoms with Crippen molar-refractivity contribution < 1.29 is 43.1 Å². The molecular weight excluding hydrogens is 503 g/mol. The third-order valence-electron chi connectivity index (χ3n) is 5.84. The number of cyclic esters (lactones) is 1. The highest BCUT2D eigenvalue weighted by Gasteiger charge is 2.27. The largest absolute Gasteiger partial charge is 0.524 e. The molecule has 1 amide bonds. The normalized spacial score (nSPS) is 21.2. The number of carbonyl (C=O) groups is 2. The Kier molecular flexibility index (Phi) is 10.3. The molecule has 2 aliphatic heterocycles. The summed E-state index contributed by atoms with van der Waals surface area (Å²) >= 11 is 0. The summed E-state index contributed by atoms with van der Waals surface area (Å²) in [6.45, 7) is 3.07. The van der Waals surface area contributed by atoms with Gasteiger partial charge in [-0.05, 0) is 63.2 Å². The minimum Gasteiger partial charge on any atom is -0.508 e. The monoisotopic (exact) mass is 536 g/mol. The zero-order chi connectivity index (χ0) is 26.8. The molecule has 202 valence electrons. The molecule has 37 heavy (non-hydrogen) atoms. The fraction of sp³-hybridized carbons (Fsp3) is 0.480. The number of likely N-dealkylation sites (tertiary alicyclic amines) is 1. The number of esters is 1. The highest BCUT2D eigenvalue weighted by Crippen LogP contribution is 2.42. The van der Waals surface area contributed by atoms with Gasteiger partial charge in [-0.15, -0.1) is 0 Å². The lowest BCUT2D eigenvalue weighted by Gasteiger charge is -2.26. The van der Waals surface area contributed by atoms with Crippen molar-refractivity contribution in [2.24, 2.45) is 5.16 Å². The molecule has 0 bridgehead atoms. The van der Waals surface area contributed by atoms with Crippen LogP contribution in [0.3, 0.4) is 0 Å². The van der Waals surface area contributed by atoms with E-state index >= 15 is 0 Å². The standard InChI is InChI=1S/C25H33N2O9P/c1-18-9-5-2-3-8-12-34-25(30)24-19(15-21(28)16-22(24)36-37(31,32)33)14-20(13-18)26-35-17-23(29)27-10-6-4-7-11-27/h2-3,13,15-16,28H,4-12,14,17H2,1H3,(H2,31,32,33)/b3-2+,18-13+,26-20+. The van der Waals surface area contributed by atoms with Crippen molar-refractivity contribution in [1.82, 2.24) is 4.90 Å². The van der Waals surface area contributed by atoms with E-state index in [9.17, 15) is 29.0 Å². The second-order valence-electron chi connectivity index (χ2n) is 8.96. The Balaban J connectivity index is 1.95. The van der Waals surface area contributed by atoms with Gasteiger partial charge >= 0.3 is 13.8 Å². The number of nitrogens with zero attached hydrogens (tertiary/aromatic N) is 2. The number of fused-ring (bicyclic) bond motifs is 1. The SMILES string of the molecule is C/C1=C\C(=N/OCC(=O)N2CCCCC2)Cc2cc(O)cc(OP(=O)(O)O)c2C(=O)OCC/C=C/CC1. The second kappa shape index (κ2) is 13.4. The van der Waals surface area contributed by atoms with E-state index in [1.54, 1.807) is 11.0 Å². The predicted molar refractivity (Wildman–Crippen MR) is 135 cm³/mol.